The molecule has 182 valence electrons. The number of carbonyl (C=O) groups excluding carboxylic acids is 2. The Hall–Kier alpha value is -4.24. The van der Waals surface area contributed by atoms with E-state index in [2.05, 4.69) is 15.5 Å². The molecule has 0 saturated heterocycles. The van der Waals surface area contributed by atoms with E-state index in [0.29, 0.717) is 27.5 Å². The van der Waals surface area contributed by atoms with Gasteiger partial charge in [0.15, 0.2) is 5.16 Å². The van der Waals surface area contributed by atoms with Crippen LogP contribution in [0.3, 0.4) is 0 Å². The van der Waals surface area contributed by atoms with E-state index in [-0.39, 0.29) is 17.2 Å². The minimum atomic E-state index is -0.397. The summed E-state index contributed by atoms with van der Waals surface area (Å²) in [6, 6.07) is 21.5. The number of para-hydroxylation sites is 2. The number of nitrogens with one attached hydrogen (secondary N) is 1. The number of esters is 1. The van der Waals surface area contributed by atoms with Crippen molar-refractivity contribution in [3.05, 3.63) is 94.3 Å². The molecule has 3 aromatic carbocycles. The van der Waals surface area contributed by atoms with Crippen molar-refractivity contribution in [1.29, 1.82) is 0 Å². The van der Waals surface area contributed by atoms with Crippen LogP contribution in [0.15, 0.2) is 87.8 Å². The second kappa shape index (κ2) is 11.0. The van der Waals surface area contributed by atoms with Crippen LogP contribution in [0, 0.1) is 6.92 Å². The zero-order valence-electron chi connectivity index (χ0n) is 20.0. The molecule has 1 heterocycles. The van der Waals surface area contributed by atoms with Gasteiger partial charge in [0.2, 0.25) is 0 Å². The lowest BCUT2D eigenvalue weighted by molar-refractivity contribution is -0.131. The molecular weight excluding hydrogens is 476 g/mol. The minimum Gasteiger partial charge on any atom is -0.427 e. The van der Waals surface area contributed by atoms with Crippen molar-refractivity contribution in [2.75, 3.05) is 5.75 Å². The zero-order valence-corrected chi connectivity index (χ0v) is 20.8. The van der Waals surface area contributed by atoms with E-state index in [1.165, 1.54) is 6.92 Å². The molecule has 4 aromatic rings. The summed E-state index contributed by atoms with van der Waals surface area (Å²) >= 11 is 1.16. The molecule has 36 heavy (non-hydrogen) atoms. The molecule has 0 spiro atoms. The summed E-state index contributed by atoms with van der Waals surface area (Å²) in [5.74, 6) is -0.290. The average Bonchev–Trinajstić information content (AvgIpc) is 2.87. The number of thioether (sulfide) groups is 1. The van der Waals surface area contributed by atoms with Crippen molar-refractivity contribution >= 4 is 40.3 Å². The van der Waals surface area contributed by atoms with Crippen LogP contribution in [-0.2, 0) is 9.59 Å². The Morgan fingerprint density at radius 2 is 1.69 bits per heavy atom. The number of aromatic nitrogens is 2. The molecule has 0 aliphatic heterocycles. The summed E-state index contributed by atoms with van der Waals surface area (Å²) in [7, 11) is 0. The minimum absolute atomic E-state index is 0.0127. The topological polar surface area (TPSA) is 103 Å². The van der Waals surface area contributed by atoms with Gasteiger partial charge in [0.05, 0.1) is 28.1 Å². The van der Waals surface area contributed by atoms with Crippen LogP contribution in [0.1, 0.15) is 25.0 Å². The number of aryl methyl sites for hydroxylation is 1. The molecule has 0 saturated carbocycles. The molecule has 9 heteroatoms. The van der Waals surface area contributed by atoms with Gasteiger partial charge in [-0.25, -0.2) is 10.4 Å². The highest BCUT2D eigenvalue weighted by Crippen LogP contribution is 2.23. The first-order chi connectivity index (χ1) is 17.3. The molecule has 1 N–H and O–H groups in total. The fraction of sp³-hybridized carbons (Fsp3) is 0.148. The molecule has 0 unspecified atom stereocenters. The largest absolute Gasteiger partial charge is 0.427 e. The Morgan fingerprint density at radius 3 is 2.42 bits per heavy atom. The first-order valence-corrected chi connectivity index (χ1v) is 12.1. The lowest BCUT2D eigenvalue weighted by Crippen LogP contribution is -2.25. The Morgan fingerprint density at radius 1 is 1.00 bits per heavy atom. The van der Waals surface area contributed by atoms with Gasteiger partial charge in [-0.15, -0.1) is 0 Å². The van der Waals surface area contributed by atoms with Crippen molar-refractivity contribution in [3.8, 4) is 11.4 Å². The maximum absolute atomic E-state index is 13.4. The lowest BCUT2D eigenvalue weighted by Gasteiger charge is -2.14. The molecule has 0 aliphatic carbocycles. The van der Waals surface area contributed by atoms with Gasteiger partial charge in [-0.05, 0) is 67.4 Å². The molecule has 0 radical (unpaired) electrons. The second-order valence-corrected chi connectivity index (χ2v) is 8.92. The zero-order chi connectivity index (χ0) is 25.7. The first kappa shape index (κ1) is 24.9. The quantitative estimate of drug-likeness (QED) is 0.102. The predicted molar refractivity (Wildman–Crippen MR) is 141 cm³/mol. The van der Waals surface area contributed by atoms with Crippen LogP contribution < -0.4 is 15.7 Å². The highest BCUT2D eigenvalue weighted by Gasteiger charge is 2.16. The molecule has 0 atom stereocenters. The number of fused-ring (bicyclic) bond motifs is 1. The Kier molecular flexibility index (Phi) is 7.60. The maximum Gasteiger partial charge on any atom is 0.308 e. The molecular formula is C27H24N4O4S. The number of rotatable bonds is 7. The molecule has 0 fully saturated rings. The third-order valence-corrected chi connectivity index (χ3v) is 6.25. The van der Waals surface area contributed by atoms with Crippen LogP contribution in [0.25, 0.3) is 16.6 Å². The van der Waals surface area contributed by atoms with Gasteiger partial charge in [0, 0.05) is 6.92 Å². The number of nitrogens with zero attached hydrogens (tertiary/aromatic N) is 3. The van der Waals surface area contributed by atoms with E-state index in [9.17, 15) is 14.4 Å². The molecule has 1 aromatic heterocycles. The third kappa shape index (κ3) is 5.69. The average molecular weight is 501 g/mol. The second-order valence-electron chi connectivity index (χ2n) is 7.98. The monoisotopic (exact) mass is 500 g/mol. The van der Waals surface area contributed by atoms with E-state index in [0.717, 1.165) is 28.6 Å². The lowest BCUT2D eigenvalue weighted by atomic mass is 10.1. The van der Waals surface area contributed by atoms with Crippen molar-refractivity contribution in [1.82, 2.24) is 15.0 Å². The molecule has 1 amide bonds. The van der Waals surface area contributed by atoms with E-state index < -0.39 is 5.97 Å². The Bertz CT molecular complexity index is 1530. The van der Waals surface area contributed by atoms with Crippen LogP contribution in [0.4, 0.5) is 0 Å². The van der Waals surface area contributed by atoms with Crippen LogP contribution in [0.2, 0.25) is 0 Å². The Labute approximate surface area is 212 Å². The van der Waals surface area contributed by atoms with Gasteiger partial charge >= 0.3 is 5.97 Å². The van der Waals surface area contributed by atoms with E-state index >= 15 is 0 Å². The fourth-order valence-corrected chi connectivity index (χ4v) is 4.34. The summed E-state index contributed by atoms with van der Waals surface area (Å²) in [6.07, 6.45) is 0. The first-order valence-electron chi connectivity index (χ1n) is 11.2. The summed E-state index contributed by atoms with van der Waals surface area (Å²) in [6.45, 7) is 5.02. The van der Waals surface area contributed by atoms with Gasteiger partial charge in [0.1, 0.15) is 5.75 Å². The predicted octanol–water partition coefficient (Wildman–Crippen LogP) is 4.25. The number of carbonyl (C=O) groups is 2. The van der Waals surface area contributed by atoms with E-state index in [4.69, 9.17) is 4.74 Å². The summed E-state index contributed by atoms with van der Waals surface area (Å²) in [5.41, 5.74) is 5.92. The van der Waals surface area contributed by atoms with Crippen molar-refractivity contribution < 1.29 is 14.3 Å². The van der Waals surface area contributed by atoms with Crippen LogP contribution >= 0.6 is 11.8 Å². The third-order valence-electron chi connectivity index (χ3n) is 5.32. The number of ether oxygens (including phenoxy) is 1. The van der Waals surface area contributed by atoms with E-state index in [1.54, 1.807) is 54.0 Å². The van der Waals surface area contributed by atoms with Crippen molar-refractivity contribution in [2.24, 2.45) is 5.10 Å². The van der Waals surface area contributed by atoms with Crippen molar-refractivity contribution in [3.63, 3.8) is 0 Å². The number of hydrogen-bond donors (Lipinski definition) is 1. The van der Waals surface area contributed by atoms with Crippen molar-refractivity contribution in [2.45, 2.75) is 25.9 Å². The summed E-state index contributed by atoms with van der Waals surface area (Å²) in [5, 5.41) is 5.10. The number of hydrogen-bond acceptors (Lipinski definition) is 7. The number of hydrazone groups is 1. The standard InChI is InChI=1S/C27H24N4O4S/c1-17-8-4-7-11-24(17)31-26(34)22-9-5-6-10-23(22)28-27(31)36-16-25(33)30-29-18(2)20-12-14-21(15-13-20)35-19(3)32/h4-15H,16H2,1-3H3,(H,30,33)/b29-18+. The smallest absolute Gasteiger partial charge is 0.308 e. The van der Waals surface area contributed by atoms with E-state index in [1.807, 2.05) is 37.3 Å². The molecule has 4 rings (SSSR count). The van der Waals surface area contributed by atoms with Crippen LogP contribution in [0.5, 0.6) is 5.75 Å². The molecule has 0 aliphatic rings. The van der Waals surface area contributed by atoms with Gasteiger partial charge in [0.25, 0.3) is 11.5 Å². The number of amides is 1. The van der Waals surface area contributed by atoms with Gasteiger partial charge in [-0.2, -0.15) is 5.10 Å². The fourth-order valence-electron chi connectivity index (χ4n) is 3.54. The number of benzene rings is 3. The Balaban J connectivity index is 1.52. The SMILES string of the molecule is CC(=O)Oc1ccc(/C(C)=N/NC(=O)CSc2nc3ccccc3c(=O)n2-c2ccccc2C)cc1. The molecule has 8 nitrogen and oxygen atoms in total. The van der Waals surface area contributed by atoms with Gasteiger partial charge in [-0.1, -0.05) is 42.1 Å². The van der Waals surface area contributed by atoms with Gasteiger partial charge in [-0.3, -0.25) is 19.0 Å². The molecule has 0 bridgehead atoms. The normalized spacial score (nSPS) is 11.4. The maximum atomic E-state index is 13.4. The highest BCUT2D eigenvalue weighted by atomic mass is 32.2. The highest BCUT2D eigenvalue weighted by molar-refractivity contribution is 7.99. The van der Waals surface area contributed by atoms with Crippen LogP contribution in [-0.4, -0.2) is 32.9 Å². The summed E-state index contributed by atoms with van der Waals surface area (Å²) < 4.78 is 6.57. The van der Waals surface area contributed by atoms with Gasteiger partial charge < -0.3 is 4.74 Å². The summed E-state index contributed by atoms with van der Waals surface area (Å²) in [4.78, 5) is 41.7.